The van der Waals surface area contributed by atoms with Gasteiger partial charge < -0.3 is 4.52 Å². The number of halogens is 4. The van der Waals surface area contributed by atoms with Crippen molar-refractivity contribution in [1.82, 2.24) is 14.4 Å². The van der Waals surface area contributed by atoms with Crippen molar-refractivity contribution >= 4 is 10.0 Å². The van der Waals surface area contributed by atoms with Gasteiger partial charge in [0.05, 0.1) is 5.92 Å². The van der Waals surface area contributed by atoms with Crippen molar-refractivity contribution in [2.24, 2.45) is 0 Å². The normalized spacial score (nSPS) is 17.9. The van der Waals surface area contributed by atoms with E-state index in [0.29, 0.717) is 30.5 Å². The van der Waals surface area contributed by atoms with Crippen molar-refractivity contribution in [1.29, 1.82) is 0 Å². The number of rotatable bonds is 4. The minimum absolute atomic E-state index is 0.0796. The summed E-state index contributed by atoms with van der Waals surface area (Å²) < 4.78 is 85.7. The number of piperidine rings is 1. The summed E-state index contributed by atoms with van der Waals surface area (Å²) in [7, 11) is -4.40. The zero-order valence-electron chi connectivity index (χ0n) is 15.4. The van der Waals surface area contributed by atoms with E-state index in [0.717, 1.165) is 4.31 Å². The van der Waals surface area contributed by atoms with Crippen LogP contribution in [0.1, 0.15) is 24.7 Å². The summed E-state index contributed by atoms with van der Waals surface area (Å²) >= 11 is 0. The predicted octanol–water partition coefficient (Wildman–Crippen LogP) is 3.86. The Labute approximate surface area is 169 Å². The van der Waals surface area contributed by atoms with Crippen LogP contribution in [0.3, 0.4) is 0 Å². The highest BCUT2D eigenvalue weighted by Crippen LogP contribution is 2.32. The number of nitrogens with zero attached hydrogens (tertiary/aromatic N) is 3. The third-order valence-electron chi connectivity index (χ3n) is 4.90. The Bertz CT molecular complexity index is 1180. The Kier molecular flexibility index (Phi) is 5.33. The average molecular weight is 441 g/mol. The summed E-state index contributed by atoms with van der Waals surface area (Å²) in [6.07, 6.45) is 0.959. The van der Waals surface area contributed by atoms with Crippen LogP contribution in [0.25, 0.3) is 11.4 Å². The molecule has 1 unspecified atom stereocenters. The van der Waals surface area contributed by atoms with E-state index < -0.39 is 44.1 Å². The fourth-order valence-electron chi connectivity index (χ4n) is 3.33. The summed E-state index contributed by atoms with van der Waals surface area (Å²) in [5.41, 5.74) is 0.524. The molecule has 0 radical (unpaired) electrons. The molecule has 11 heteroatoms. The van der Waals surface area contributed by atoms with Gasteiger partial charge in [-0.15, -0.1) is 0 Å². The lowest BCUT2D eigenvalue weighted by Crippen LogP contribution is -2.39. The Hall–Kier alpha value is -2.79. The van der Waals surface area contributed by atoms with Gasteiger partial charge in [0, 0.05) is 18.7 Å². The Morgan fingerprint density at radius 3 is 2.47 bits per heavy atom. The van der Waals surface area contributed by atoms with Crippen LogP contribution in [0, 0.1) is 23.3 Å². The monoisotopic (exact) mass is 441 g/mol. The van der Waals surface area contributed by atoms with Crippen molar-refractivity contribution in [3.63, 3.8) is 0 Å². The lowest BCUT2D eigenvalue weighted by Gasteiger charge is -2.30. The van der Waals surface area contributed by atoms with Crippen molar-refractivity contribution in [3.05, 3.63) is 65.6 Å². The van der Waals surface area contributed by atoms with Gasteiger partial charge in [0.25, 0.3) is 0 Å². The van der Waals surface area contributed by atoms with Crippen LogP contribution >= 0.6 is 0 Å². The Morgan fingerprint density at radius 2 is 1.73 bits per heavy atom. The van der Waals surface area contributed by atoms with E-state index in [-0.39, 0.29) is 24.8 Å². The first-order chi connectivity index (χ1) is 14.3. The average Bonchev–Trinajstić information content (AvgIpc) is 3.23. The molecule has 0 N–H and O–H groups in total. The van der Waals surface area contributed by atoms with Gasteiger partial charge >= 0.3 is 0 Å². The second-order valence-corrected chi connectivity index (χ2v) is 8.75. The molecule has 0 aliphatic carbocycles. The summed E-state index contributed by atoms with van der Waals surface area (Å²) in [6.45, 7) is -0.0119. The summed E-state index contributed by atoms with van der Waals surface area (Å²) in [4.78, 5) is 3.33. The summed E-state index contributed by atoms with van der Waals surface area (Å²) in [5.74, 6) is -5.55. The maximum absolute atomic E-state index is 14.1. The van der Waals surface area contributed by atoms with E-state index in [9.17, 15) is 26.0 Å². The van der Waals surface area contributed by atoms with Crippen molar-refractivity contribution < 1.29 is 30.5 Å². The molecule has 0 saturated carbocycles. The van der Waals surface area contributed by atoms with Crippen molar-refractivity contribution in [2.45, 2.75) is 23.7 Å². The zero-order valence-corrected chi connectivity index (χ0v) is 16.2. The van der Waals surface area contributed by atoms with Crippen LogP contribution in [0.5, 0.6) is 0 Å². The lowest BCUT2D eigenvalue weighted by molar-refractivity contribution is 0.265. The molecule has 6 nitrogen and oxygen atoms in total. The number of benzene rings is 2. The highest BCUT2D eigenvalue weighted by atomic mass is 32.2. The first-order valence-corrected chi connectivity index (χ1v) is 10.4. The minimum Gasteiger partial charge on any atom is -0.339 e. The van der Waals surface area contributed by atoms with E-state index >= 15 is 0 Å². The fourth-order valence-corrected chi connectivity index (χ4v) is 4.91. The van der Waals surface area contributed by atoms with Gasteiger partial charge in [-0.05, 0) is 49.2 Å². The molecule has 2 aromatic carbocycles. The van der Waals surface area contributed by atoms with Gasteiger partial charge in [-0.2, -0.15) is 9.29 Å². The van der Waals surface area contributed by atoms with Gasteiger partial charge in [-0.25, -0.2) is 26.0 Å². The van der Waals surface area contributed by atoms with E-state index in [1.165, 1.54) is 24.3 Å². The standard InChI is InChI=1S/C19H15F4N3O3S/c20-13-5-3-11(4-6-13)18-24-19(29-25-18)12-2-1-9-26(10-12)30(27,28)15-8-7-14(21)16(22)17(15)23/h3-8,12H,1-2,9-10H2. The molecule has 3 aromatic rings. The fraction of sp³-hybridized carbons (Fsp3) is 0.263. The topological polar surface area (TPSA) is 76.3 Å². The molecule has 4 rings (SSSR count). The quantitative estimate of drug-likeness (QED) is 0.454. The molecule has 1 saturated heterocycles. The van der Waals surface area contributed by atoms with Crippen LogP contribution in [0.15, 0.2) is 45.8 Å². The highest BCUT2D eigenvalue weighted by Gasteiger charge is 2.36. The van der Waals surface area contributed by atoms with Gasteiger partial charge in [0.15, 0.2) is 17.5 Å². The van der Waals surface area contributed by atoms with Crippen molar-refractivity contribution in [2.75, 3.05) is 13.1 Å². The lowest BCUT2D eigenvalue weighted by atomic mass is 10.00. The smallest absolute Gasteiger partial charge is 0.246 e. The van der Waals surface area contributed by atoms with Crippen LogP contribution in [-0.2, 0) is 10.0 Å². The predicted molar refractivity (Wildman–Crippen MR) is 96.7 cm³/mol. The SMILES string of the molecule is O=S(=O)(c1ccc(F)c(F)c1F)N1CCCC(c2nc(-c3ccc(F)cc3)no2)C1. The third kappa shape index (κ3) is 3.70. The molecule has 158 valence electrons. The second-order valence-electron chi connectivity index (χ2n) is 6.84. The van der Waals surface area contributed by atoms with Crippen LogP contribution < -0.4 is 0 Å². The van der Waals surface area contributed by atoms with E-state index in [1.54, 1.807) is 0 Å². The molecule has 1 aromatic heterocycles. The van der Waals surface area contributed by atoms with E-state index in [4.69, 9.17) is 4.52 Å². The molecule has 1 fully saturated rings. The molecular formula is C19H15F4N3O3S. The molecule has 2 heterocycles. The third-order valence-corrected chi connectivity index (χ3v) is 6.78. The maximum Gasteiger partial charge on any atom is 0.246 e. The van der Waals surface area contributed by atoms with E-state index in [1.807, 2.05) is 0 Å². The molecular weight excluding hydrogens is 426 g/mol. The van der Waals surface area contributed by atoms with Crippen LogP contribution in [0.4, 0.5) is 17.6 Å². The number of hydrogen-bond acceptors (Lipinski definition) is 5. The number of sulfonamides is 1. The molecule has 30 heavy (non-hydrogen) atoms. The molecule has 1 aliphatic rings. The van der Waals surface area contributed by atoms with Gasteiger partial charge in [-0.3, -0.25) is 0 Å². The second kappa shape index (κ2) is 7.80. The summed E-state index contributed by atoms with van der Waals surface area (Å²) in [5, 5.41) is 3.84. The highest BCUT2D eigenvalue weighted by molar-refractivity contribution is 7.89. The zero-order chi connectivity index (χ0) is 21.5. The minimum atomic E-state index is -4.40. The van der Waals surface area contributed by atoms with Gasteiger partial charge in [0.1, 0.15) is 10.7 Å². The van der Waals surface area contributed by atoms with Gasteiger partial charge in [0.2, 0.25) is 21.7 Å². The summed E-state index contributed by atoms with van der Waals surface area (Å²) in [6, 6.07) is 6.72. The molecule has 1 aliphatic heterocycles. The first-order valence-electron chi connectivity index (χ1n) is 9.00. The van der Waals surface area contributed by atoms with Crippen LogP contribution in [0.2, 0.25) is 0 Å². The molecule has 0 amide bonds. The van der Waals surface area contributed by atoms with Gasteiger partial charge in [-0.1, -0.05) is 5.16 Å². The van der Waals surface area contributed by atoms with Crippen molar-refractivity contribution in [3.8, 4) is 11.4 Å². The number of aromatic nitrogens is 2. The molecule has 0 spiro atoms. The Morgan fingerprint density at radius 1 is 1.00 bits per heavy atom. The Balaban J connectivity index is 1.58. The maximum atomic E-state index is 14.1. The van der Waals surface area contributed by atoms with Crippen LogP contribution in [-0.4, -0.2) is 36.0 Å². The molecule has 1 atom stereocenters. The largest absolute Gasteiger partial charge is 0.339 e. The first kappa shape index (κ1) is 20.5. The number of hydrogen-bond donors (Lipinski definition) is 0. The molecule has 0 bridgehead atoms. The van der Waals surface area contributed by atoms with E-state index in [2.05, 4.69) is 10.1 Å².